The topological polar surface area (TPSA) is 71.3 Å². The Balaban J connectivity index is 2.25. The van der Waals surface area contributed by atoms with Crippen molar-refractivity contribution in [3.05, 3.63) is 35.5 Å². The standard InChI is InChI=1S/C14H14N2O3/c1-8-6-15-13(17)12-4-9-2-3-10(14(18)19)5-11(9)16(12)7-8/h2-5,8H,6-7H2,1H3,(H,15,17)(H,18,19)/t8-/m1/s1. The average molecular weight is 258 g/mol. The van der Waals surface area contributed by atoms with Crippen LogP contribution in [-0.4, -0.2) is 28.1 Å². The Kier molecular flexibility index (Phi) is 2.55. The van der Waals surface area contributed by atoms with E-state index in [1.165, 1.54) is 0 Å². The number of hydrogen-bond donors (Lipinski definition) is 2. The summed E-state index contributed by atoms with van der Waals surface area (Å²) < 4.78 is 1.91. The van der Waals surface area contributed by atoms with E-state index in [4.69, 9.17) is 5.11 Å². The van der Waals surface area contributed by atoms with Gasteiger partial charge >= 0.3 is 5.97 Å². The number of nitrogens with zero attached hydrogens (tertiary/aromatic N) is 1. The number of carbonyl (C=O) groups excluding carboxylic acids is 1. The molecule has 1 amide bonds. The number of amides is 1. The summed E-state index contributed by atoms with van der Waals surface area (Å²) in [5, 5.41) is 12.8. The number of hydrogen-bond acceptors (Lipinski definition) is 2. The number of aromatic carboxylic acids is 1. The maximum atomic E-state index is 12.0. The Morgan fingerprint density at radius 3 is 2.95 bits per heavy atom. The quantitative estimate of drug-likeness (QED) is 0.818. The van der Waals surface area contributed by atoms with Crippen molar-refractivity contribution >= 4 is 22.8 Å². The normalized spacial score (nSPS) is 18.8. The summed E-state index contributed by atoms with van der Waals surface area (Å²) in [4.78, 5) is 23.0. The third-order valence-corrected chi connectivity index (χ3v) is 3.49. The van der Waals surface area contributed by atoms with E-state index in [9.17, 15) is 9.59 Å². The number of benzene rings is 1. The lowest BCUT2D eigenvalue weighted by atomic mass is 10.1. The Morgan fingerprint density at radius 2 is 2.21 bits per heavy atom. The van der Waals surface area contributed by atoms with Gasteiger partial charge in [0.1, 0.15) is 5.69 Å². The minimum absolute atomic E-state index is 0.0996. The summed E-state index contributed by atoms with van der Waals surface area (Å²) in [6, 6.07) is 6.76. The molecule has 1 atom stereocenters. The lowest BCUT2D eigenvalue weighted by molar-refractivity contribution is 0.0696. The van der Waals surface area contributed by atoms with Crippen LogP contribution in [0.2, 0.25) is 0 Å². The van der Waals surface area contributed by atoms with Crippen LogP contribution < -0.4 is 5.32 Å². The van der Waals surface area contributed by atoms with Crippen molar-refractivity contribution in [3.8, 4) is 0 Å². The fourth-order valence-electron chi connectivity index (χ4n) is 2.51. The molecule has 3 rings (SSSR count). The highest BCUT2D eigenvalue weighted by Crippen LogP contribution is 2.24. The summed E-state index contributed by atoms with van der Waals surface area (Å²) in [6.45, 7) is 3.41. The highest BCUT2D eigenvalue weighted by atomic mass is 16.4. The zero-order valence-corrected chi connectivity index (χ0v) is 10.5. The van der Waals surface area contributed by atoms with Crippen molar-refractivity contribution in [1.29, 1.82) is 0 Å². The van der Waals surface area contributed by atoms with Crippen molar-refractivity contribution in [2.45, 2.75) is 13.5 Å². The molecule has 2 N–H and O–H groups in total. The Hall–Kier alpha value is -2.30. The fraction of sp³-hybridized carbons (Fsp3) is 0.286. The summed E-state index contributed by atoms with van der Waals surface area (Å²) in [5.41, 5.74) is 1.64. The summed E-state index contributed by atoms with van der Waals surface area (Å²) in [7, 11) is 0. The van der Waals surface area contributed by atoms with Crippen LogP contribution >= 0.6 is 0 Å². The Bertz CT molecular complexity index is 687. The van der Waals surface area contributed by atoms with Gasteiger partial charge in [-0.25, -0.2) is 4.79 Å². The van der Waals surface area contributed by atoms with Crippen LogP contribution in [0.4, 0.5) is 0 Å². The van der Waals surface area contributed by atoms with Crippen molar-refractivity contribution in [2.24, 2.45) is 5.92 Å². The molecule has 0 saturated heterocycles. The monoisotopic (exact) mass is 258 g/mol. The largest absolute Gasteiger partial charge is 0.478 e. The summed E-state index contributed by atoms with van der Waals surface area (Å²) >= 11 is 0. The van der Waals surface area contributed by atoms with E-state index < -0.39 is 5.97 Å². The van der Waals surface area contributed by atoms with Crippen molar-refractivity contribution < 1.29 is 14.7 Å². The lowest BCUT2D eigenvalue weighted by Gasteiger charge is -2.10. The molecule has 2 aromatic rings. The lowest BCUT2D eigenvalue weighted by Crippen LogP contribution is -2.25. The van der Waals surface area contributed by atoms with Crippen molar-refractivity contribution in [1.82, 2.24) is 9.88 Å². The summed E-state index contributed by atoms with van der Waals surface area (Å²) in [6.07, 6.45) is 0. The molecule has 2 heterocycles. The average Bonchev–Trinajstić information content (AvgIpc) is 2.67. The third kappa shape index (κ3) is 1.87. The molecule has 0 radical (unpaired) electrons. The maximum Gasteiger partial charge on any atom is 0.335 e. The van der Waals surface area contributed by atoms with Gasteiger partial charge in [-0.1, -0.05) is 13.0 Å². The highest BCUT2D eigenvalue weighted by Gasteiger charge is 2.21. The van der Waals surface area contributed by atoms with E-state index in [0.29, 0.717) is 24.7 Å². The molecule has 0 unspecified atom stereocenters. The molecular formula is C14H14N2O3. The molecular weight excluding hydrogens is 244 g/mol. The third-order valence-electron chi connectivity index (χ3n) is 3.49. The molecule has 1 aliphatic heterocycles. The van der Waals surface area contributed by atoms with E-state index in [1.807, 2.05) is 10.6 Å². The number of carboxylic acids is 1. The number of nitrogens with one attached hydrogen (secondary N) is 1. The van der Waals surface area contributed by atoms with Gasteiger partial charge in [0.25, 0.3) is 5.91 Å². The van der Waals surface area contributed by atoms with Gasteiger partial charge in [-0.3, -0.25) is 4.79 Å². The van der Waals surface area contributed by atoms with Crippen molar-refractivity contribution in [2.75, 3.05) is 6.54 Å². The van der Waals surface area contributed by atoms with Crippen LogP contribution in [0.1, 0.15) is 27.8 Å². The molecule has 1 aromatic carbocycles. The minimum Gasteiger partial charge on any atom is -0.478 e. The van der Waals surface area contributed by atoms with Crippen LogP contribution in [0.3, 0.4) is 0 Å². The Morgan fingerprint density at radius 1 is 1.42 bits per heavy atom. The van der Waals surface area contributed by atoms with Crippen LogP contribution in [0.15, 0.2) is 24.3 Å². The van der Waals surface area contributed by atoms with Gasteiger partial charge in [0.2, 0.25) is 0 Å². The van der Waals surface area contributed by atoms with Gasteiger partial charge in [0.15, 0.2) is 0 Å². The van der Waals surface area contributed by atoms with Crippen LogP contribution in [0.25, 0.3) is 10.9 Å². The van der Waals surface area contributed by atoms with Crippen LogP contribution in [0, 0.1) is 5.92 Å². The zero-order valence-electron chi connectivity index (χ0n) is 10.5. The first-order valence-corrected chi connectivity index (χ1v) is 6.21. The second-order valence-electron chi connectivity index (χ2n) is 5.03. The molecule has 5 nitrogen and oxygen atoms in total. The first-order chi connectivity index (χ1) is 9.06. The fourth-order valence-corrected chi connectivity index (χ4v) is 2.51. The second kappa shape index (κ2) is 4.12. The zero-order chi connectivity index (χ0) is 13.6. The maximum absolute atomic E-state index is 12.0. The highest BCUT2D eigenvalue weighted by molar-refractivity contribution is 6.01. The molecule has 0 aliphatic carbocycles. The number of carbonyl (C=O) groups is 2. The minimum atomic E-state index is -0.955. The molecule has 19 heavy (non-hydrogen) atoms. The molecule has 1 aliphatic rings. The number of fused-ring (bicyclic) bond motifs is 3. The molecule has 98 valence electrons. The molecule has 5 heteroatoms. The van der Waals surface area contributed by atoms with Gasteiger partial charge in [-0.2, -0.15) is 0 Å². The van der Waals surface area contributed by atoms with Gasteiger partial charge in [0, 0.05) is 24.0 Å². The van der Waals surface area contributed by atoms with E-state index in [2.05, 4.69) is 12.2 Å². The van der Waals surface area contributed by atoms with Crippen molar-refractivity contribution in [3.63, 3.8) is 0 Å². The van der Waals surface area contributed by atoms with Gasteiger partial charge in [-0.05, 0) is 24.1 Å². The first-order valence-electron chi connectivity index (χ1n) is 6.21. The molecule has 1 aromatic heterocycles. The van der Waals surface area contributed by atoms with Gasteiger partial charge in [0.05, 0.1) is 5.56 Å². The van der Waals surface area contributed by atoms with E-state index in [-0.39, 0.29) is 11.5 Å². The molecule has 0 bridgehead atoms. The number of carboxylic acid groups (broad SMARTS) is 1. The van der Waals surface area contributed by atoms with Gasteiger partial charge in [-0.15, -0.1) is 0 Å². The van der Waals surface area contributed by atoms with Crippen LogP contribution in [-0.2, 0) is 6.54 Å². The van der Waals surface area contributed by atoms with E-state index in [0.717, 1.165) is 10.9 Å². The van der Waals surface area contributed by atoms with E-state index >= 15 is 0 Å². The number of aromatic nitrogens is 1. The molecule has 0 saturated carbocycles. The summed E-state index contributed by atoms with van der Waals surface area (Å²) in [5.74, 6) is -0.740. The number of rotatable bonds is 1. The van der Waals surface area contributed by atoms with Gasteiger partial charge < -0.3 is 15.0 Å². The molecule has 0 spiro atoms. The Labute approximate surface area is 109 Å². The molecule has 0 fully saturated rings. The van der Waals surface area contributed by atoms with Crippen LogP contribution in [0.5, 0.6) is 0 Å². The smallest absolute Gasteiger partial charge is 0.335 e. The predicted molar refractivity (Wildman–Crippen MR) is 70.4 cm³/mol. The first kappa shape index (κ1) is 11.8. The predicted octanol–water partition coefficient (Wildman–Crippen LogP) is 1.72. The SMILES string of the molecule is C[C@@H]1CNC(=O)c2cc3ccc(C(=O)O)cc3n2C1. The second-order valence-corrected chi connectivity index (χ2v) is 5.03. The van der Waals surface area contributed by atoms with E-state index in [1.54, 1.807) is 18.2 Å².